The molecular weight excluding hydrogens is 274 g/mol. The minimum Gasteiger partial charge on any atom is -0.392 e. The van der Waals surface area contributed by atoms with E-state index in [4.69, 9.17) is 18.0 Å². The van der Waals surface area contributed by atoms with Crippen molar-refractivity contribution in [3.63, 3.8) is 0 Å². The van der Waals surface area contributed by atoms with Crippen LogP contribution in [0.1, 0.15) is 46.0 Å². The van der Waals surface area contributed by atoms with Crippen LogP contribution in [0.25, 0.3) is 0 Å². The van der Waals surface area contributed by atoms with Gasteiger partial charge in [-0.3, -0.25) is 9.59 Å². The van der Waals surface area contributed by atoms with Crippen LogP contribution in [-0.4, -0.2) is 41.3 Å². The highest BCUT2D eigenvalue weighted by atomic mass is 32.1. The molecule has 0 heterocycles. The lowest BCUT2D eigenvalue weighted by Crippen LogP contribution is -2.55. The summed E-state index contributed by atoms with van der Waals surface area (Å²) in [5.74, 6) is -0.301. The molecule has 20 heavy (non-hydrogen) atoms. The zero-order chi connectivity index (χ0) is 15.3. The number of nitrogens with two attached hydrogens (primary N) is 1. The van der Waals surface area contributed by atoms with Gasteiger partial charge >= 0.3 is 0 Å². The van der Waals surface area contributed by atoms with Crippen LogP contribution in [0.2, 0.25) is 0 Å². The van der Waals surface area contributed by atoms with Gasteiger partial charge in [-0.25, -0.2) is 0 Å². The second-order valence-corrected chi connectivity index (χ2v) is 5.99. The minimum atomic E-state index is -0.771. The Morgan fingerprint density at radius 1 is 1.35 bits per heavy atom. The van der Waals surface area contributed by atoms with E-state index < -0.39 is 11.5 Å². The van der Waals surface area contributed by atoms with Crippen molar-refractivity contribution < 1.29 is 9.59 Å². The van der Waals surface area contributed by atoms with Crippen molar-refractivity contribution in [1.29, 1.82) is 0 Å². The Kier molecular flexibility index (Phi) is 5.92. The molecular formula is C14H25N3O2S. The number of carbonyl (C=O) groups is 2. The molecule has 0 bridgehead atoms. The average molecular weight is 299 g/mol. The summed E-state index contributed by atoms with van der Waals surface area (Å²) in [7, 11) is 1.72. The lowest BCUT2D eigenvalue weighted by molar-refractivity contribution is -0.137. The van der Waals surface area contributed by atoms with Gasteiger partial charge in [0.15, 0.2) is 0 Å². The summed E-state index contributed by atoms with van der Waals surface area (Å²) in [6.07, 6.45) is 4.35. The normalized spacial score (nSPS) is 18.9. The molecule has 3 N–H and O–H groups in total. The molecule has 0 aromatic heterocycles. The lowest BCUT2D eigenvalue weighted by atomic mass is 9.73. The van der Waals surface area contributed by atoms with E-state index in [1.807, 2.05) is 6.92 Å². The fourth-order valence-electron chi connectivity index (χ4n) is 2.62. The first-order valence-corrected chi connectivity index (χ1v) is 7.62. The van der Waals surface area contributed by atoms with Crippen molar-refractivity contribution in [3.05, 3.63) is 0 Å². The van der Waals surface area contributed by atoms with Crippen LogP contribution in [0.5, 0.6) is 0 Å². The van der Waals surface area contributed by atoms with Gasteiger partial charge in [-0.05, 0) is 26.7 Å². The van der Waals surface area contributed by atoms with Gasteiger partial charge in [-0.1, -0.05) is 31.5 Å². The van der Waals surface area contributed by atoms with E-state index in [9.17, 15) is 9.59 Å². The number of thiocarbonyl (C=S) groups is 1. The Bertz CT molecular complexity index is 392. The summed E-state index contributed by atoms with van der Waals surface area (Å²) in [6.45, 7) is 4.20. The first kappa shape index (κ1) is 16.9. The Labute approximate surface area is 126 Å². The molecule has 1 saturated carbocycles. The van der Waals surface area contributed by atoms with Crippen molar-refractivity contribution in [2.24, 2.45) is 11.1 Å². The fraction of sp³-hybridized carbons (Fsp3) is 0.786. The summed E-state index contributed by atoms with van der Waals surface area (Å²) < 4.78 is 0. The molecule has 1 rings (SSSR count). The van der Waals surface area contributed by atoms with Crippen molar-refractivity contribution >= 4 is 29.0 Å². The number of nitrogens with one attached hydrogen (secondary N) is 1. The molecule has 0 aliphatic heterocycles. The molecule has 5 nitrogen and oxygen atoms in total. The molecule has 1 unspecified atom stereocenters. The molecule has 1 fully saturated rings. The maximum atomic E-state index is 12.5. The van der Waals surface area contributed by atoms with Crippen molar-refractivity contribution in [1.82, 2.24) is 10.2 Å². The molecule has 0 aromatic rings. The summed E-state index contributed by atoms with van der Waals surface area (Å²) in [5, 5.41) is 2.79. The van der Waals surface area contributed by atoms with Crippen molar-refractivity contribution in [2.45, 2.75) is 52.0 Å². The summed E-state index contributed by atoms with van der Waals surface area (Å²) in [4.78, 5) is 26.4. The zero-order valence-electron chi connectivity index (χ0n) is 12.6. The topological polar surface area (TPSA) is 75.4 Å². The van der Waals surface area contributed by atoms with E-state index in [0.717, 1.165) is 19.3 Å². The minimum absolute atomic E-state index is 0.102. The van der Waals surface area contributed by atoms with E-state index >= 15 is 0 Å². The van der Waals surface area contributed by atoms with E-state index in [1.165, 1.54) is 0 Å². The van der Waals surface area contributed by atoms with E-state index in [0.29, 0.717) is 19.4 Å². The quantitative estimate of drug-likeness (QED) is 0.748. The van der Waals surface area contributed by atoms with Gasteiger partial charge in [0.2, 0.25) is 11.8 Å². The molecule has 0 aromatic carbocycles. The number of carbonyl (C=O) groups excluding carboxylic acids is 2. The average Bonchev–Trinajstić information content (AvgIpc) is 2.45. The van der Waals surface area contributed by atoms with Gasteiger partial charge in [0.05, 0.1) is 10.4 Å². The maximum absolute atomic E-state index is 12.5. The Morgan fingerprint density at radius 2 is 1.90 bits per heavy atom. The molecule has 114 valence electrons. The smallest absolute Gasteiger partial charge is 0.244 e. The van der Waals surface area contributed by atoms with Gasteiger partial charge in [0, 0.05) is 13.6 Å². The van der Waals surface area contributed by atoms with Crippen LogP contribution >= 0.6 is 12.2 Å². The molecule has 0 radical (unpaired) electrons. The second-order valence-electron chi connectivity index (χ2n) is 5.55. The van der Waals surface area contributed by atoms with Crippen LogP contribution in [0.15, 0.2) is 0 Å². The maximum Gasteiger partial charge on any atom is 0.244 e. The third kappa shape index (κ3) is 3.48. The number of amides is 2. The first-order chi connectivity index (χ1) is 9.35. The van der Waals surface area contributed by atoms with E-state index in [-0.39, 0.29) is 16.8 Å². The molecule has 6 heteroatoms. The van der Waals surface area contributed by atoms with Gasteiger partial charge < -0.3 is 16.0 Å². The monoisotopic (exact) mass is 299 g/mol. The number of likely N-dealkylation sites (N-methyl/N-ethyl adjacent to an activating group) is 1. The largest absolute Gasteiger partial charge is 0.392 e. The molecule has 1 aliphatic carbocycles. The molecule has 2 amide bonds. The SMILES string of the molecule is CCN(C)C(=O)C(C)NC(=O)C1(C(N)=S)CCCCC1. The molecule has 0 spiro atoms. The zero-order valence-corrected chi connectivity index (χ0v) is 13.4. The van der Waals surface area contributed by atoms with E-state index in [1.54, 1.807) is 18.9 Å². The number of rotatable bonds is 5. The number of hydrogen-bond donors (Lipinski definition) is 2. The fourth-order valence-corrected chi connectivity index (χ4v) is 2.92. The lowest BCUT2D eigenvalue weighted by Gasteiger charge is -2.35. The van der Waals surface area contributed by atoms with Crippen LogP contribution in [0, 0.1) is 5.41 Å². The molecule has 1 aliphatic rings. The molecule has 1 atom stereocenters. The highest BCUT2D eigenvalue weighted by molar-refractivity contribution is 7.80. The van der Waals surface area contributed by atoms with Gasteiger partial charge in [0.1, 0.15) is 6.04 Å². The first-order valence-electron chi connectivity index (χ1n) is 7.21. The summed E-state index contributed by atoms with van der Waals surface area (Å²) in [5.41, 5.74) is 5.05. The summed E-state index contributed by atoms with van der Waals surface area (Å²) >= 11 is 5.12. The molecule has 0 saturated heterocycles. The van der Waals surface area contributed by atoms with Gasteiger partial charge in [-0.15, -0.1) is 0 Å². The predicted octanol–water partition coefficient (Wildman–Crippen LogP) is 1.21. The highest BCUT2D eigenvalue weighted by Crippen LogP contribution is 2.37. The van der Waals surface area contributed by atoms with Crippen LogP contribution < -0.4 is 11.1 Å². The highest BCUT2D eigenvalue weighted by Gasteiger charge is 2.43. The van der Waals surface area contributed by atoms with Crippen LogP contribution in [-0.2, 0) is 9.59 Å². The third-order valence-corrected chi connectivity index (χ3v) is 4.57. The van der Waals surface area contributed by atoms with Gasteiger partial charge in [-0.2, -0.15) is 0 Å². The summed E-state index contributed by atoms with van der Waals surface area (Å²) in [6, 6.07) is -0.555. The Balaban J connectivity index is 2.77. The van der Waals surface area contributed by atoms with Gasteiger partial charge in [0.25, 0.3) is 0 Å². The Hall–Kier alpha value is -1.17. The second kappa shape index (κ2) is 7.02. The third-order valence-electron chi connectivity index (χ3n) is 4.18. The number of hydrogen-bond acceptors (Lipinski definition) is 3. The Morgan fingerprint density at radius 3 is 2.35 bits per heavy atom. The van der Waals surface area contributed by atoms with E-state index in [2.05, 4.69) is 5.32 Å². The van der Waals surface area contributed by atoms with Crippen molar-refractivity contribution in [2.75, 3.05) is 13.6 Å². The number of nitrogens with zero attached hydrogens (tertiary/aromatic N) is 1. The van der Waals surface area contributed by atoms with Crippen molar-refractivity contribution in [3.8, 4) is 0 Å². The van der Waals surface area contributed by atoms with Crippen LogP contribution in [0.3, 0.4) is 0 Å². The van der Waals surface area contributed by atoms with Crippen LogP contribution in [0.4, 0.5) is 0 Å². The standard InChI is InChI=1S/C14H25N3O2S/c1-4-17(3)11(18)10(2)16-13(19)14(12(15)20)8-6-5-7-9-14/h10H,4-9H2,1-3H3,(H2,15,20)(H,16,19). The predicted molar refractivity (Wildman–Crippen MR) is 83.2 cm³/mol.